The number of aromatic nitrogens is 1. The molecule has 3 aromatic carbocycles. The number of carboxylic acids is 1. The number of methoxy groups -OCH3 is 1. The first-order chi connectivity index (χ1) is 17.5. The van der Waals surface area contributed by atoms with Gasteiger partial charge < -0.3 is 19.1 Å². The number of hydrogen-bond acceptors (Lipinski definition) is 3. The first-order valence-corrected chi connectivity index (χ1v) is 12.2. The van der Waals surface area contributed by atoms with Gasteiger partial charge >= 0.3 is 5.97 Å². The molecular weight excluding hydrogens is 450 g/mol. The van der Waals surface area contributed by atoms with Crippen LogP contribution in [0.25, 0.3) is 10.9 Å². The number of carboxylic acid groups (broad SMARTS) is 1. The summed E-state index contributed by atoms with van der Waals surface area (Å²) in [5.74, 6) is -0.191. The molecule has 1 heterocycles. The van der Waals surface area contributed by atoms with E-state index >= 15 is 0 Å². The van der Waals surface area contributed by atoms with Gasteiger partial charge in [-0.25, -0.2) is 0 Å². The van der Waals surface area contributed by atoms with Crippen LogP contribution in [0.2, 0.25) is 0 Å². The van der Waals surface area contributed by atoms with Crippen molar-refractivity contribution in [2.45, 2.75) is 45.9 Å². The van der Waals surface area contributed by atoms with Gasteiger partial charge in [0.1, 0.15) is 12.4 Å². The molecule has 5 heteroatoms. The van der Waals surface area contributed by atoms with E-state index in [1.54, 1.807) is 7.11 Å². The van der Waals surface area contributed by atoms with E-state index in [9.17, 15) is 9.90 Å². The normalized spacial score (nSPS) is 12.3. The maximum absolute atomic E-state index is 11.2. The Morgan fingerprint density at radius 3 is 2.53 bits per heavy atom. The van der Waals surface area contributed by atoms with Gasteiger partial charge in [-0.1, -0.05) is 60.7 Å². The highest BCUT2D eigenvalue weighted by Gasteiger charge is 2.13. The summed E-state index contributed by atoms with van der Waals surface area (Å²) >= 11 is 0. The molecule has 0 amide bonds. The molecule has 36 heavy (non-hydrogen) atoms. The van der Waals surface area contributed by atoms with Crippen LogP contribution in [-0.2, 0) is 29.3 Å². The number of benzene rings is 3. The number of carbonyl (C=O) groups is 1. The number of aliphatic carboxylic acids is 1. The molecule has 4 rings (SSSR count). The van der Waals surface area contributed by atoms with Crippen molar-refractivity contribution in [1.82, 2.24) is 4.57 Å². The van der Waals surface area contributed by atoms with Crippen LogP contribution in [-0.4, -0.2) is 22.8 Å². The van der Waals surface area contributed by atoms with Crippen LogP contribution >= 0.6 is 0 Å². The molecule has 5 nitrogen and oxygen atoms in total. The Bertz CT molecular complexity index is 1350. The lowest BCUT2D eigenvalue weighted by Gasteiger charge is -2.14. The Morgan fingerprint density at radius 2 is 1.81 bits per heavy atom. The van der Waals surface area contributed by atoms with Crippen LogP contribution < -0.4 is 4.74 Å². The summed E-state index contributed by atoms with van der Waals surface area (Å²) in [5.41, 5.74) is 6.93. The van der Waals surface area contributed by atoms with E-state index in [2.05, 4.69) is 60.2 Å². The predicted molar refractivity (Wildman–Crippen MR) is 144 cm³/mol. The van der Waals surface area contributed by atoms with E-state index in [4.69, 9.17) is 9.47 Å². The van der Waals surface area contributed by atoms with Crippen molar-refractivity contribution in [1.29, 1.82) is 0 Å². The zero-order valence-corrected chi connectivity index (χ0v) is 21.1. The standard InChI is InChI=1S/C31H33NO4/c1-4-6-27(18-30(33)34)25-11-13-29(14-12-25)36-21-28-10-9-26-15-16-32(31(26)22(28)2)19-23-7-5-8-24(17-23)20-35-3/h4-17,27H,18-21H2,1-3H3,(H,33,34)/t27-/m1/s1. The molecule has 0 aliphatic heterocycles. The highest BCUT2D eigenvalue weighted by atomic mass is 16.5. The molecular formula is C31H33NO4. The summed E-state index contributed by atoms with van der Waals surface area (Å²) in [6.45, 7) is 5.91. The van der Waals surface area contributed by atoms with Gasteiger partial charge in [-0.05, 0) is 65.3 Å². The Labute approximate surface area is 212 Å². The van der Waals surface area contributed by atoms with Crippen molar-refractivity contribution in [2.75, 3.05) is 7.11 Å². The van der Waals surface area contributed by atoms with E-state index < -0.39 is 5.97 Å². The van der Waals surface area contributed by atoms with Gasteiger partial charge in [0.2, 0.25) is 0 Å². The summed E-state index contributed by atoms with van der Waals surface area (Å²) < 4.78 is 13.7. The number of hydrogen-bond donors (Lipinski definition) is 1. The lowest BCUT2D eigenvalue weighted by atomic mass is 9.95. The molecule has 1 aromatic heterocycles. The molecule has 0 aliphatic rings. The fraction of sp³-hybridized carbons (Fsp3) is 0.258. The largest absolute Gasteiger partial charge is 0.489 e. The van der Waals surface area contributed by atoms with Gasteiger partial charge in [0.05, 0.1) is 18.5 Å². The first kappa shape index (κ1) is 25.3. The summed E-state index contributed by atoms with van der Waals surface area (Å²) in [6, 6.07) is 22.7. The van der Waals surface area contributed by atoms with Crippen molar-refractivity contribution in [3.8, 4) is 5.75 Å². The number of nitrogens with zero attached hydrogens (tertiary/aromatic N) is 1. The monoisotopic (exact) mass is 483 g/mol. The smallest absolute Gasteiger partial charge is 0.304 e. The minimum Gasteiger partial charge on any atom is -0.489 e. The molecule has 1 N–H and O–H groups in total. The Hall–Kier alpha value is -3.83. The van der Waals surface area contributed by atoms with Crippen LogP contribution in [0, 0.1) is 6.92 Å². The first-order valence-electron chi connectivity index (χ1n) is 12.2. The van der Waals surface area contributed by atoms with Crippen molar-refractivity contribution in [3.05, 3.63) is 113 Å². The summed E-state index contributed by atoms with van der Waals surface area (Å²) in [4.78, 5) is 11.2. The fourth-order valence-corrected chi connectivity index (χ4v) is 4.68. The highest BCUT2D eigenvalue weighted by Crippen LogP contribution is 2.27. The Balaban J connectivity index is 1.49. The van der Waals surface area contributed by atoms with Gasteiger partial charge in [-0.2, -0.15) is 0 Å². The minimum absolute atomic E-state index is 0.0695. The van der Waals surface area contributed by atoms with Gasteiger partial charge in [0.15, 0.2) is 0 Å². The number of rotatable bonds is 11. The van der Waals surface area contributed by atoms with Crippen molar-refractivity contribution >= 4 is 16.9 Å². The van der Waals surface area contributed by atoms with Crippen LogP contribution in [0.4, 0.5) is 0 Å². The molecule has 0 spiro atoms. The lowest BCUT2D eigenvalue weighted by Crippen LogP contribution is -2.05. The van der Waals surface area contributed by atoms with E-state index in [1.807, 2.05) is 43.3 Å². The molecule has 0 unspecified atom stereocenters. The van der Waals surface area contributed by atoms with E-state index in [1.165, 1.54) is 27.6 Å². The molecule has 0 fully saturated rings. The lowest BCUT2D eigenvalue weighted by molar-refractivity contribution is -0.137. The number of allylic oxidation sites excluding steroid dienone is 2. The topological polar surface area (TPSA) is 60.7 Å². The quantitative estimate of drug-likeness (QED) is 0.237. The maximum Gasteiger partial charge on any atom is 0.304 e. The predicted octanol–water partition coefficient (Wildman–Crippen LogP) is 6.86. The van der Waals surface area contributed by atoms with Gasteiger partial charge in [-0.15, -0.1) is 0 Å². The average Bonchev–Trinajstić information content (AvgIpc) is 3.27. The molecule has 0 saturated carbocycles. The third-order valence-corrected chi connectivity index (χ3v) is 6.47. The van der Waals surface area contributed by atoms with Crippen LogP contribution in [0.1, 0.15) is 47.1 Å². The second kappa shape index (κ2) is 11.7. The molecule has 186 valence electrons. The van der Waals surface area contributed by atoms with Gasteiger partial charge in [0, 0.05) is 25.8 Å². The highest BCUT2D eigenvalue weighted by molar-refractivity contribution is 5.84. The summed E-state index contributed by atoms with van der Waals surface area (Å²) in [6.07, 6.45) is 6.02. The zero-order valence-electron chi connectivity index (χ0n) is 21.1. The Kier molecular flexibility index (Phi) is 8.24. The van der Waals surface area contributed by atoms with Crippen molar-refractivity contribution < 1.29 is 19.4 Å². The number of fused-ring (bicyclic) bond motifs is 1. The minimum atomic E-state index is -0.809. The molecule has 0 aliphatic carbocycles. The van der Waals surface area contributed by atoms with Crippen molar-refractivity contribution in [3.63, 3.8) is 0 Å². The number of ether oxygens (including phenoxy) is 2. The summed E-state index contributed by atoms with van der Waals surface area (Å²) in [5, 5.41) is 10.4. The van der Waals surface area contributed by atoms with Gasteiger partial charge in [0.25, 0.3) is 0 Å². The van der Waals surface area contributed by atoms with Crippen LogP contribution in [0.3, 0.4) is 0 Å². The molecule has 0 bridgehead atoms. The average molecular weight is 484 g/mol. The zero-order chi connectivity index (χ0) is 25.5. The van der Waals surface area contributed by atoms with Crippen LogP contribution in [0.5, 0.6) is 5.75 Å². The van der Waals surface area contributed by atoms with E-state index in [-0.39, 0.29) is 12.3 Å². The third kappa shape index (κ3) is 6.04. The molecule has 1 atom stereocenters. The molecule has 0 radical (unpaired) electrons. The van der Waals surface area contributed by atoms with Gasteiger partial charge in [-0.3, -0.25) is 4.79 Å². The summed E-state index contributed by atoms with van der Waals surface area (Å²) in [7, 11) is 1.72. The number of aryl methyl sites for hydroxylation is 1. The fourth-order valence-electron chi connectivity index (χ4n) is 4.68. The second-order valence-corrected chi connectivity index (χ2v) is 9.07. The van der Waals surface area contributed by atoms with E-state index in [0.29, 0.717) is 13.2 Å². The Morgan fingerprint density at radius 1 is 1.03 bits per heavy atom. The molecule has 0 saturated heterocycles. The maximum atomic E-state index is 11.2. The van der Waals surface area contributed by atoms with Crippen LogP contribution in [0.15, 0.2) is 85.1 Å². The molecule has 4 aromatic rings. The van der Waals surface area contributed by atoms with Crippen molar-refractivity contribution in [2.24, 2.45) is 0 Å². The van der Waals surface area contributed by atoms with E-state index in [0.717, 1.165) is 23.4 Å². The third-order valence-electron chi connectivity index (χ3n) is 6.47. The second-order valence-electron chi connectivity index (χ2n) is 9.07. The SMILES string of the molecule is CC=C[C@H](CC(=O)O)c1ccc(OCc2ccc3ccn(Cc4cccc(COC)c4)c3c2C)cc1.